The maximum absolute atomic E-state index is 12.2. The van der Waals surface area contributed by atoms with Gasteiger partial charge in [0, 0.05) is 32.0 Å². The summed E-state index contributed by atoms with van der Waals surface area (Å²) in [4.78, 5) is 19.4. The maximum atomic E-state index is 12.2. The van der Waals surface area contributed by atoms with Crippen LogP contribution in [0.5, 0.6) is 0 Å². The minimum atomic E-state index is 0. The van der Waals surface area contributed by atoms with Gasteiger partial charge in [0.05, 0.1) is 4.88 Å². The van der Waals surface area contributed by atoms with Gasteiger partial charge in [0.25, 0.3) is 0 Å². The molecule has 120 valence electrons. The van der Waals surface area contributed by atoms with Crippen LogP contribution in [0.15, 0.2) is 22.0 Å². The van der Waals surface area contributed by atoms with Gasteiger partial charge in [-0.25, -0.2) is 0 Å². The van der Waals surface area contributed by atoms with Gasteiger partial charge in [-0.3, -0.25) is 4.79 Å². The normalized spacial score (nSPS) is 17.5. The number of rotatable bonds is 5. The van der Waals surface area contributed by atoms with E-state index in [0.717, 1.165) is 24.3 Å². The van der Waals surface area contributed by atoms with Gasteiger partial charge in [0.15, 0.2) is 0 Å². The van der Waals surface area contributed by atoms with Gasteiger partial charge in [-0.2, -0.15) is 4.98 Å². The Kier molecular flexibility index (Phi) is 5.93. The van der Waals surface area contributed by atoms with Crippen LogP contribution in [-0.2, 0) is 11.2 Å². The molecule has 2 aromatic rings. The van der Waals surface area contributed by atoms with E-state index in [-0.39, 0.29) is 24.4 Å². The number of halogens is 1. The lowest BCUT2D eigenvalue weighted by Gasteiger charge is -2.23. The van der Waals surface area contributed by atoms with Gasteiger partial charge in [0.2, 0.25) is 17.6 Å². The molecule has 3 heterocycles. The molecule has 0 radical (unpaired) electrons. The molecule has 2 N–H and O–H groups in total. The SMILES string of the molecule is Cl.NCC1CCCN1C(=O)CCc1nc(-c2cccs2)no1. The molecule has 0 aliphatic carbocycles. The maximum Gasteiger partial charge on any atom is 0.227 e. The van der Waals surface area contributed by atoms with E-state index in [1.54, 1.807) is 11.3 Å². The number of aryl methyl sites for hydroxylation is 1. The van der Waals surface area contributed by atoms with E-state index < -0.39 is 0 Å². The average molecular weight is 343 g/mol. The Morgan fingerprint density at radius 3 is 3.14 bits per heavy atom. The Morgan fingerprint density at radius 1 is 1.55 bits per heavy atom. The Labute approximate surface area is 139 Å². The fourth-order valence-electron chi connectivity index (χ4n) is 2.63. The second-order valence-electron chi connectivity index (χ2n) is 5.11. The van der Waals surface area contributed by atoms with Crippen LogP contribution in [0.25, 0.3) is 10.7 Å². The van der Waals surface area contributed by atoms with Gasteiger partial charge >= 0.3 is 0 Å². The van der Waals surface area contributed by atoms with E-state index in [1.807, 2.05) is 22.4 Å². The monoisotopic (exact) mass is 342 g/mol. The number of hydrogen-bond donors (Lipinski definition) is 1. The summed E-state index contributed by atoms with van der Waals surface area (Å²) in [5, 5.41) is 5.91. The highest BCUT2D eigenvalue weighted by Crippen LogP contribution is 2.22. The van der Waals surface area contributed by atoms with Crippen molar-refractivity contribution in [1.29, 1.82) is 0 Å². The number of nitrogens with zero attached hydrogens (tertiary/aromatic N) is 3. The number of aromatic nitrogens is 2. The van der Waals surface area contributed by atoms with Crippen molar-refractivity contribution in [3.8, 4) is 10.7 Å². The summed E-state index contributed by atoms with van der Waals surface area (Å²) in [5.41, 5.74) is 5.69. The van der Waals surface area contributed by atoms with Crippen LogP contribution in [0.4, 0.5) is 0 Å². The Morgan fingerprint density at radius 2 is 2.41 bits per heavy atom. The second-order valence-corrected chi connectivity index (χ2v) is 6.06. The molecule has 22 heavy (non-hydrogen) atoms. The molecule has 1 fully saturated rings. The molecular formula is C14H19ClN4O2S. The van der Waals surface area contributed by atoms with Crippen LogP contribution in [0.2, 0.25) is 0 Å². The molecule has 2 aromatic heterocycles. The van der Waals surface area contributed by atoms with Crippen LogP contribution in [0, 0.1) is 0 Å². The first-order valence-electron chi connectivity index (χ1n) is 7.14. The molecule has 8 heteroatoms. The third kappa shape index (κ3) is 3.66. The fourth-order valence-corrected chi connectivity index (χ4v) is 3.28. The molecule has 0 aromatic carbocycles. The molecule has 0 bridgehead atoms. The first-order valence-corrected chi connectivity index (χ1v) is 8.02. The quantitative estimate of drug-likeness (QED) is 0.899. The molecular weight excluding hydrogens is 324 g/mol. The van der Waals surface area contributed by atoms with E-state index in [0.29, 0.717) is 31.1 Å². The summed E-state index contributed by atoms with van der Waals surface area (Å²) in [6.07, 6.45) is 2.91. The molecule has 0 spiro atoms. The zero-order valence-electron chi connectivity index (χ0n) is 12.1. The van der Waals surface area contributed by atoms with Crippen LogP contribution >= 0.6 is 23.7 Å². The zero-order valence-corrected chi connectivity index (χ0v) is 13.7. The van der Waals surface area contributed by atoms with E-state index in [9.17, 15) is 4.79 Å². The zero-order chi connectivity index (χ0) is 14.7. The van der Waals surface area contributed by atoms with Crippen molar-refractivity contribution < 1.29 is 9.32 Å². The molecule has 1 atom stereocenters. The highest BCUT2D eigenvalue weighted by Gasteiger charge is 2.27. The van der Waals surface area contributed by atoms with E-state index in [1.165, 1.54) is 0 Å². The van der Waals surface area contributed by atoms with Gasteiger partial charge in [-0.1, -0.05) is 11.2 Å². The summed E-state index contributed by atoms with van der Waals surface area (Å²) in [7, 11) is 0. The molecule has 1 aliphatic heterocycles. The van der Waals surface area contributed by atoms with Crippen molar-refractivity contribution >= 4 is 29.7 Å². The minimum absolute atomic E-state index is 0. The smallest absolute Gasteiger partial charge is 0.227 e. The van der Waals surface area contributed by atoms with Gasteiger partial charge in [-0.05, 0) is 24.3 Å². The largest absolute Gasteiger partial charge is 0.339 e. The fraction of sp³-hybridized carbons (Fsp3) is 0.500. The van der Waals surface area contributed by atoms with Crippen molar-refractivity contribution in [3.05, 3.63) is 23.4 Å². The lowest BCUT2D eigenvalue weighted by molar-refractivity contribution is -0.131. The third-order valence-corrected chi connectivity index (χ3v) is 4.60. The molecule has 6 nitrogen and oxygen atoms in total. The summed E-state index contributed by atoms with van der Waals surface area (Å²) >= 11 is 1.56. The summed E-state index contributed by atoms with van der Waals surface area (Å²) in [5.74, 6) is 1.22. The molecule has 0 saturated carbocycles. The molecule has 3 rings (SSSR count). The molecule has 1 aliphatic rings. The summed E-state index contributed by atoms with van der Waals surface area (Å²) in [6, 6.07) is 4.09. The van der Waals surface area contributed by atoms with E-state index >= 15 is 0 Å². The van der Waals surface area contributed by atoms with E-state index in [4.69, 9.17) is 10.3 Å². The third-order valence-electron chi connectivity index (χ3n) is 3.73. The summed E-state index contributed by atoms with van der Waals surface area (Å²) < 4.78 is 5.20. The van der Waals surface area contributed by atoms with Crippen molar-refractivity contribution in [1.82, 2.24) is 15.0 Å². The first kappa shape index (κ1) is 16.9. The minimum Gasteiger partial charge on any atom is -0.339 e. The second kappa shape index (κ2) is 7.71. The van der Waals surface area contributed by atoms with Crippen LogP contribution in [0.1, 0.15) is 25.2 Å². The highest BCUT2D eigenvalue weighted by molar-refractivity contribution is 7.13. The number of carbonyl (C=O) groups excluding carboxylic acids is 1. The van der Waals surface area contributed by atoms with Crippen LogP contribution in [0.3, 0.4) is 0 Å². The van der Waals surface area contributed by atoms with Crippen LogP contribution in [-0.4, -0.2) is 40.1 Å². The lowest BCUT2D eigenvalue weighted by atomic mass is 10.2. The van der Waals surface area contributed by atoms with Crippen LogP contribution < -0.4 is 5.73 Å². The standard InChI is InChI=1S/C14H18N4O2S.ClH/c15-9-10-3-1-7-18(10)13(19)6-5-12-16-14(17-20-12)11-4-2-8-21-11;/h2,4,8,10H,1,3,5-7,9,15H2;1H. The number of thiophene rings is 1. The highest BCUT2D eigenvalue weighted by atomic mass is 35.5. The summed E-state index contributed by atoms with van der Waals surface area (Å²) in [6.45, 7) is 1.35. The predicted octanol–water partition coefficient (Wildman–Crippen LogP) is 2.10. The topological polar surface area (TPSA) is 85.2 Å². The number of likely N-dealkylation sites (tertiary alicyclic amines) is 1. The lowest BCUT2D eigenvalue weighted by Crippen LogP contribution is -2.40. The number of carbonyl (C=O) groups is 1. The average Bonchev–Trinajstić information content (AvgIpc) is 3.24. The van der Waals surface area contributed by atoms with Gasteiger partial charge in [0.1, 0.15) is 0 Å². The Balaban J connectivity index is 0.00000176. The Hall–Kier alpha value is -1.44. The van der Waals surface area contributed by atoms with Crippen molar-refractivity contribution in [2.24, 2.45) is 5.73 Å². The van der Waals surface area contributed by atoms with Gasteiger partial charge < -0.3 is 15.2 Å². The Bertz CT molecular complexity index is 602. The number of nitrogens with two attached hydrogens (primary N) is 1. The van der Waals surface area contributed by atoms with E-state index in [2.05, 4.69) is 10.1 Å². The number of amides is 1. The van der Waals surface area contributed by atoms with Crippen molar-refractivity contribution in [2.75, 3.05) is 13.1 Å². The van der Waals surface area contributed by atoms with Crippen molar-refractivity contribution in [3.63, 3.8) is 0 Å². The molecule has 1 unspecified atom stereocenters. The van der Waals surface area contributed by atoms with Gasteiger partial charge in [-0.15, -0.1) is 23.7 Å². The molecule has 1 saturated heterocycles. The first-order chi connectivity index (χ1) is 10.3. The molecule has 1 amide bonds. The predicted molar refractivity (Wildman–Crippen MR) is 87.0 cm³/mol. The van der Waals surface area contributed by atoms with Crippen molar-refractivity contribution in [2.45, 2.75) is 31.7 Å². The number of hydrogen-bond acceptors (Lipinski definition) is 6.